The van der Waals surface area contributed by atoms with Gasteiger partial charge in [0, 0.05) is 19.0 Å². The van der Waals surface area contributed by atoms with Crippen LogP contribution in [0.3, 0.4) is 0 Å². The quantitative estimate of drug-likeness (QED) is 0.488. The van der Waals surface area contributed by atoms with Crippen LogP contribution in [0, 0.1) is 0 Å². The largest absolute Gasteiger partial charge is 0.493 e. The maximum atomic E-state index is 12.2. The first kappa shape index (κ1) is 25.2. The number of rotatable bonds is 8. The van der Waals surface area contributed by atoms with Gasteiger partial charge in [0.1, 0.15) is 6.04 Å². The van der Waals surface area contributed by atoms with Gasteiger partial charge in [0.15, 0.2) is 23.0 Å². The van der Waals surface area contributed by atoms with E-state index in [2.05, 4.69) is 5.32 Å². The summed E-state index contributed by atoms with van der Waals surface area (Å²) in [6.45, 7) is 2.97. The van der Waals surface area contributed by atoms with E-state index >= 15 is 0 Å². The van der Waals surface area contributed by atoms with Gasteiger partial charge in [-0.25, -0.2) is 0 Å². The van der Waals surface area contributed by atoms with Gasteiger partial charge >= 0.3 is 0 Å². The molecule has 0 aromatic heterocycles. The fourth-order valence-electron chi connectivity index (χ4n) is 2.29. The average molecular weight is 433 g/mol. The summed E-state index contributed by atoms with van der Waals surface area (Å²) in [5.41, 5.74) is 12.0. The molecule has 0 bridgehead atoms. The Hall–Kier alpha value is -3.79. The monoisotopic (exact) mass is 433 g/mol. The molecule has 31 heavy (non-hydrogen) atoms. The molecule has 2 rings (SSSR count). The highest BCUT2D eigenvalue weighted by Crippen LogP contribution is 2.37. The van der Waals surface area contributed by atoms with E-state index < -0.39 is 23.8 Å². The van der Waals surface area contributed by atoms with Crippen LogP contribution in [0.2, 0.25) is 0 Å². The van der Waals surface area contributed by atoms with Gasteiger partial charge in [-0.2, -0.15) is 0 Å². The molecule has 2 aromatic rings. The Morgan fingerprint density at radius 3 is 2.00 bits per heavy atom. The van der Waals surface area contributed by atoms with Gasteiger partial charge < -0.3 is 36.1 Å². The third-order valence-electron chi connectivity index (χ3n) is 3.88. The van der Waals surface area contributed by atoms with Crippen molar-refractivity contribution in [3.63, 3.8) is 0 Å². The summed E-state index contributed by atoms with van der Waals surface area (Å²) in [6, 6.07) is 9.24. The molecule has 0 spiro atoms. The van der Waals surface area contributed by atoms with E-state index in [0.717, 1.165) is 12.5 Å². The van der Waals surface area contributed by atoms with Crippen LogP contribution >= 0.6 is 0 Å². The standard InChI is InChI=1S/C19H23N3O5.C2H4O2/c1-11(18(21)23)22-19(24)13-5-7-15(17(9-13)26-3)27-14-6-4-12(10-20)8-16(14)25-2;1-2(3)4/h4-9,11H,10,20H2,1-3H3,(H2,21,23)(H,22,24);1H3,(H,3,4)/t11-;/m0./s1. The summed E-state index contributed by atoms with van der Waals surface area (Å²) in [4.78, 5) is 32.3. The maximum Gasteiger partial charge on any atom is 0.300 e. The lowest BCUT2D eigenvalue weighted by Crippen LogP contribution is -2.42. The molecule has 0 fully saturated rings. The first-order valence-electron chi connectivity index (χ1n) is 9.15. The number of carboxylic acid groups (broad SMARTS) is 1. The van der Waals surface area contributed by atoms with Crippen molar-refractivity contribution in [2.75, 3.05) is 14.2 Å². The Kier molecular flexibility index (Phi) is 9.80. The van der Waals surface area contributed by atoms with Crippen LogP contribution in [0.25, 0.3) is 0 Å². The van der Waals surface area contributed by atoms with E-state index in [1.807, 2.05) is 6.07 Å². The number of hydrogen-bond donors (Lipinski definition) is 4. The molecule has 0 unspecified atom stereocenters. The first-order valence-corrected chi connectivity index (χ1v) is 9.15. The molecule has 1 atom stereocenters. The van der Waals surface area contributed by atoms with E-state index in [-0.39, 0.29) is 0 Å². The Balaban J connectivity index is 0.00000110. The molecule has 0 aliphatic carbocycles. The van der Waals surface area contributed by atoms with Crippen molar-refractivity contribution in [1.29, 1.82) is 0 Å². The number of methoxy groups -OCH3 is 2. The lowest BCUT2D eigenvalue weighted by Gasteiger charge is -2.15. The molecule has 0 heterocycles. The number of ether oxygens (including phenoxy) is 3. The number of primary amides is 1. The molecule has 0 aliphatic rings. The van der Waals surface area contributed by atoms with Crippen LogP contribution < -0.4 is 31.0 Å². The van der Waals surface area contributed by atoms with Gasteiger partial charge in [0.05, 0.1) is 14.2 Å². The lowest BCUT2D eigenvalue weighted by atomic mass is 10.1. The molecule has 2 amide bonds. The Morgan fingerprint density at radius 2 is 1.52 bits per heavy atom. The van der Waals surface area contributed by atoms with E-state index in [1.165, 1.54) is 27.2 Å². The lowest BCUT2D eigenvalue weighted by molar-refractivity contribution is -0.134. The van der Waals surface area contributed by atoms with Crippen LogP contribution in [0.5, 0.6) is 23.0 Å². The average Bonchev–Trinajstić information content (AvgIpc) is 2.73. The van der Waals surface area contributed by atoms with Crippen LogP contribution in [0.4, 0.5) is 0 Å². The van der Waals surface area contributed by atoms with Crippen molar-refractivity contribution in [3.8, 4) is 23.0 Å². The normalized spacial score (nSPS) is 10.7. The number of amides is 2. The predicted molar refractivity (Wildman–Crippen MR) is 113 cm³/mol. The highest BCUT2D eigenvalue weighted by molar-refractivity contribution is 5.97. The van der Waals surface area contributed by atoms with Gasteiger partial charge in [-0.3, -0.25) is 14.4 Å². The highest BCUT2D eigenvalue weighted by Gasteiger charge is 2.17. The third kappa shape index (κ3) is 7.86. The molecular weight excluding hydrogens is 406 g/mol. The molecule has 0 saturated carbocycles. The van der Waals surface area contributed by atoms with Crippen molar-refractivity contribution in [2.24, 2.45) is 11.5 Å². The van der Waals surface area contributed by atoms with Crippen LogP contribution in [-0.2, 0) is 16.1 Å². The van der Waals surface area contributed by atoms with Gasteiger partial charge in [-0.15, -0.1) is 0 Å². The first-order chi connectivity index (χ1) is 14.6. The number of carboxylic acids is 1. The Morgan fingerprint density at radius 1 is 1.00 bits per heavy atom. The number of benzene rings is 2. The number of carbonyl (C=O) groups excluding carboxylic acids is 2. The van der Waals surface area contributed by atoms with Crippen LogP contribution in [0.15, 0.2) is 36.4 Å². The van der Waals surface area contributed by atoms with Crippen LogP contribution in [-0.4, -0.2) is 43.2 Å². The molecule has 0 aliphatic heterocycles. The van der Waals surface area contributed by atoms with Gasteiger partial charge in [0.25, 0.3) is 11.9 Å². The second kappa shape index (κ2) is 12.0. The topological polar surface area (TPSA) is 163 Å². The fraction of sp³-hybridized carbons (Fsp3) is 0.286. The van der Waals surface area contributed by atoms with E-state index in [1.54, 1.807) is 24.3 Å². The third-order valence-corrected chi connectivity index (χ3v) is 3.88. The molecule has 6 N–H and O–H groups in total. The van der Waals surface area contributed by atoms with Crippen LogP contribution in [0.1, 0.15) is 29.8 Å². The number of aliphatic carboxylic acids is 1. The summed E-state index contributed by atoms with van der Waals surface area (Å²) in [7, 11) is 3.00. The van der Waals surface area contributed by atoms with Crippen molar-refractivity contribution < 1.29 is 33.7 Å². The smallest absolute Gasteiger partial charge is 0.300 e. The number of hydrogen-bond acceptors (Lipinski definition) is 7. The Bertz CT molecular complexity index is 927. The minimum atomic E-state index is -0.833. The molecule has 0 saturated heterocycles. The Labute approximate surface area is 180 Å². The van der Waals surface area contributed by atoms with Crippen molar-refractivity contribution >= 4 is 17.8 Å². The highest BCUT2D eigenvalue weighted by atomic mass is 16.5. The number of nitrogens with one attached hydrogen (secondary N) is 1. The molecule has 10 nitrogen and oxygen atoms in total. The second-order valence-corrected chi connectivity index (χ2v) is 6.27. The summed E-state index contributed by atoms with van der Waals surface area (Å²) in [5, 5.41) is 9.92. The molecular formula is C21H27N3O7. The fourth-order valence-corrected chi connectivity index (χ4v) is 2.29. The van der Waals surface area contributed by atoms with Crippen molar-refractivity contribution in [2.45, 2.75) is 26.4 Å². The SMILES string of the molecule is CC(=O)O.COc1cc(CN)ccc1Oc1ccc(C(=O)N[C@@H](C)C(N)=O)cc1OC. The second-order valence-electron chi connectivity index (χ2n) is 6.27. The van der Waals surface area contributed by atoms with Gasteiger partial charge in [-0.1, -0.05) is 6.07 Å². The number of carbonyl (C=O) groups is 3. The minimum Gasteiger partial charge on any atom is -0.493 e. The van der Waals surface area contributed by atoms with Gasteiger partial charge in [-0.05, 0) is 42.8 Å². The minimum absolute atomic E-state index is 0.303. The maximum absolute atomic E-state index is 12.2. The van der Waals surface area contributed by atoms with Crippen molar-refractivity contribution in [3.05, 3.63) is 47.5 Å². The zero-order valence-electron chi connectivity index (χ0n) is 17.8. The van der Waals surface area contributed by atoms with E-state index in [9.17, 15) is 9.59 Å². The molecule has 0 radical (unpaired) electrons. The summed E-state index contributed by atoms with van der Waals surface area (Å²) in [5.74, 6) is -0.154. The predicted octanol–water partition coefficient (Wildman–Crippen LogP) is 1.65. The molecule has 2 aromatic carbocycles. The van der Waals surface area contributed by atoms with E-state index in [0.29, 0.717) is 35.1 Å². The zero-order valence-corrected chi connectivity index (χ0v) is 17.8. The summed E-state index contributed by atoms with van der Waals surface area (Å²) < 4.78 is 16.5. The zero-order chi connectivity index (χ0) is 23.6. The molecule has 168 valence electrons. The van der Waals surface area contributed by atoms with Crippen molar-refractivity contribution in [1.82, 2.24) is 5.32 Å². The summed E-state index contributed by atoms with van der Waals surface area (Å²) in [6.07, 6.45) is 0. The number of nitrogens with two attached hydrogens (primary N) is 2. The van der Waals surface area contributed by atoms with E-state index in [4.69, 9.17) is 35.6 Å². The molecule has 10 heteroatoms. The summed E-state index contributed by atoms with van der Waals surface area (Å²) >= 11 is 0. The van der Waals surface area contributed by atoms with Gasteiger partial charge in [0.2, 0.25) is 5.91 Å².